The Kier molecular flexibility index (Phi) is 5.94. The van der Waals surface area contributed by atoms with Crippen LogP contribution >= 0.6 is 0 Å². The minimum absolute atomic E-state index is 0.894. The summed E-state index contributed by atoms with van der Waals surface area (Å²) in [6.45, 7) is 6.32. The molecule has 25 heavy (non-hydrogen) atoms. The zero-order valence-corrected chi connectivity index (χ0v) is 14.8. The lowest BCUT2D eigenvalue weighted by Gasteiger charge is -2.17. The highest BCUT2D eigenvalue weighted by atomic mass is 35.7. The summed E-state index contributed by atoms with van der Waals surface area (Å²) in [7, 11) is -4.94. The third-order valence-corrected chi connectivity index (χ3v) is 3.51. The molecule has 0 bridgehead atoms. The van der Waals surface area contributed by atoms with E-state index in [0.717, 1.165) is 22.0 Å². The van der Waals surface area contributed by atoms with Gasteiger partial charge in [-0.05, 0) is 39.0 Å². The molecule has 2 aromatic carbocycles. The fraction of sp³-hybridized carbons (Fsp3) is 0.167. The van der Waals surface area contributed by atoms with E-state index in [4.69, 9.17) is 23.1 Å². The standard InChI is InChI=1S/C18H17NO.ClHO4/c1-12-4-6-16(14(3)10-12)19-17-8-9-20-18-7-5-13(2)11-15(17)18;2-1(3,4)5/h4-11H,1-3H3;(H,2,3,4,5). The monoisotopic (exact) mass is 363 g/mol. The summed E-state index contributed by atoms with van der Waals surface area (Å²) in [5, 5.41) is 2.18. The van der Waals surface area contributed by atoms with Gasteiger partial charge in [0.1, 0.15) is 5.58 Å². The minimum atomic E-state index is -4.94. The number of hydrogen-bond acceptors (Lipinski definition) is 5. The number of hydrogen-bond donors (Lipinski definition) is 1. The summed E-state index contributed by atoms with van der Waals surface area (Å²) in [5.41, 5.74) is 5.76. The van der Waals surface area contributed by atoms with Crippen LogP contribution in [0, 0.1) is 31.0 Å². The number of fused-ring (bicyclic) bond motifs is 1. The second-order valence-corrected chi connectivity index (χ2v) is 6.41. The van der Waals surface area contributed by atoms with Gasteiger partial charge in [0, 0.05) is 17.7 Å². The fourth-order valence-electron chi connectivity index (χ4n) is 2.43. The Morgan fingerprint density at radius 3 is 2.08 bits per heavy atom. The zero-order valence-electron chi connectivity index (χ0n) is 14.0. The van der Waals surface area contributed by atoms with E-state index >= 15 is 0 Å². The van der Waals surface area contributed by atoms with Gasteiger partial charge in [-0.3, -0.25) is 0 Å². The highest BCUT2D eigenvalue weighted by molar-refractivity contribution is 5.76. The number of nitrogens with one attached hydrogen (secondary N) is 1. The first-order valence-electron chi connectivity index (χ1n) is 7.41. The van der Waals surface area contributed by atoms with Gasteiger partial charge in [0.25, 0.3) is 0 Å². The second kappa shape index (κ2) is 7.77. The van der Waals surface area contributed by atoms with Crippen molar-refractivity contribution in [1.82, 2.24) is 0 Å². The van der Waals surface area contributed by atoms with Gasteiger partial charge in [-0.1, -0.05) is 23.3 Å². The van der Waals surface area contributed by atoms with E-state index in [1.54, 1.807) is 6.26 Å². The van der Waals surface area contributed by atoms with Crippen molar-refractivity contribution in [1.29, 1.82) is 0 Å². The third kappa shape index (κ3) is 5.97. The lowest BCUT2D eigenvalue weighted by atomic mass is 10.1. The second-order valence-electron chi connectivity index (χ2n) is 5.66. The molecule has 1 heterocycles. The molecule has 0 radical (unpaired) electrons. The van der Waals surface area contributed by atoms with Gasteiger partial charge >= 0.3 is 0 Å². The summed E-state index contributed by atoms with van der Waals surface area (Å²) < 4.78 is 39.5. The Morgan fingerprint density at radius 2 is 1.44 bits per heavy atom. The summed E-state index contributed by atoms with van der Waals surface area (Å²) in [6, 6.07) is 14.6. The van der Waals surface area contributed by atoms with Crippen LogP contribution in [0.2, 0.25) is 0 Å². The van der Waals surface area contributed by atoms with Crippen molar-refractivity contribution in [2.45, 2.75) is 20.8 Å². The van der Waals surface area contributed by atoms with E-state index in [0.29, 0.717) is 0 Å². The van der Waals surface area contributed by atoms with E-state index in [9.17, 15) is 0 Å². The van der Waals surface area contributed by atoms with Crippen LogP contribution in [0.15, 0.2) is 53.1 Å². The zero-order chi connectivity index (χ0) is 18.6. The SMILES string of the molecule is Cc1ccc([NH+]=c2ccoc3ccc(C)cc23)c(C)c1.[O-][Cl+3]([O-])([O-])[O-]. The highest BCUT2D eigenvalue weighted by Crippen LogP contribution is 2.12. The van der Waals surface area contributed by atoms with Gasteiger partial charge in [-0.25, -0.2) is 23.6 Å². The Bertz CT molecular complexity index is 938. The smallest absolute Gasteiger partial charge is 0.218 e. The van der Waals surface area contributed by atoms with Crippen LogP contribution in [0.3, 0.4) is 0 Å². The molecular weight excluding hydrogens is 346 g/mol. The number of aryl methyl sites for hydroxylation is 3. The summed E-state index contributed by atoms with van der Waals surface area (Å²) in [4.78, 5) is 3.51. The number of rotatable bonds is 1. The Morgan fingerprint density at radius 1 is 0.840 bits per heavy atom. The largest absolute Gasteiger partial charge is 0.464 e. The summed E-state index contributed by atoms with van der Waals surface area (Å²) in [5.74, 6) is 0. The predicted molar refractivity (Wildman–Crippen MR) is 80.6 cm³/mol. The maximum Gasteiger partial charge on any atom is 0.218 e. The topological polar surface area (TPSA) is 119 Å². The van der Waals surface area contributed by atoms with Crippen LogP contribution in [0.25, 0.3) is 11.0 Å². The van der Waals surface area contributed by atoms with E-state index in [2.05, 4.69) is 56.1 Å². The maximum atomic E-state index is 8.49. The van der Waals surface area contributed by atoms with Crippen LogP contribution in [0.1, 0.15) is 16.7 Å². The van der Waals surface area contributed by atoms with Crippen LogP contribution in [0.5, 0.6) is 0 Å². The average molecular weight is 364 g/mol. The third-order valence-electron chi connectivity index (χ3n) is 3.51. The molecule has 3 rings (SSSR count). The van der Waals surface area contributed by atoms with Crippen LogP contribution in [0.4, 0.5) is 5.69 Å². The first-order valence-corrected chi connectivity index (χ1v) is 8.64. The molecule has 132 valence electrons. The molecule has 7 heteroatoms. The van der Waals surface area contributed by atoms with Gasteiger partial charge in [-0.15, -0.1) is 10.2 Å². The van der Waals surface area contributed by atoms with E-state index in [1.165, 1.54) is 16.7 Å². The van der Waals surface area contributed by atoms with Gasteiger partial charge in [0.2, 0.25) is 11.0 Å². The Labute approximate surface area is 147 Å². The quantitative estimate of drug-likeness (QED) is 0.532. The molecule has 0 aliphatic rings. The van der Waals surface area contributed by atoms with E-state index in [1.807, 2.05) is 12.1 Å². The van der Waals surface area contributed by atoms with Crippen LogP contribution < -0.4 is 29.0 Å². The lowest BCUT2D eigenvalue weighted by Crippen LogP contribution is -2.70. The summed E-state index contributed by atoms with van der Waals surface area (Å²) >= 11 is 0. The molecule has 0 saturated carbocycles. The van der Waals surface area contributed by atoms with Gasteiger partial charge in [0.05, 0.1) is 11.6 Å². The van der Waals surface area contributed by atoms with Crippen LogP contribution in [-0.4, -0.2) is 0 Å². The van der Waals surface area contributed by atoms with Crippen LogP contribution in [-0.2, 0) is 0 Å². The molecule has 0 amide bonds. The van der Waals surface area contributed by atoms with Crippen molar-refractivity contribution >= 4 is 16.7 Å². The molecule has 0 aliphatic carbocycles. The normalized spacial score (nSPS) is 12.0. The van der Waals surface area contributed by atoms with E-state index < -0.39 is 10.2 Å². The number of halogens is 1. The molecule has 0 spiro atoms. The molecule has 3 aromatic rings. The van der Waals surface area contributed by atoms with Crippen molar-refractivity contribution < 1.29 is 38.3 Å². The average Bonchev–Trinajstić information content (AvgIpc) is 2.49. The van der Waals surface area contributed by atoms with Crippen molar-refractivity contribution in [3.63, 3.8) is 0 Å². The van der Waals surface area contributed by atoms with Gasteiger partial charge < -0.3 is 4.42 Å². The van der Waals surface area contributed by atoms with E-state index in [-0.39, 0.29) is 0 Å². The molecule has 0 fully saturated rings. The predicted octanol–water partition coefficient (Wildman–Crippen LogP) is -2.08. The molecule has 1 aromatic heterocycles. The number of benzene rings is 2. The van der Waals surface area contributed by atoms with Crippen molar-refractivity contribution in [3.05, 3.63) is 70.8 Å². The van der Waals surface area contributed by atoms with Gasteiger partial charge in [-0.2, -0.15) is 0 Å². The molecule has 0 atom stereocenters. The minimum Gasteiger partial charge on any atom is -0.464 e. The molecule has 0 aliphatic heterocycles. The molecular formula is C18H18ClNO5. The highest BCUT2D eigenvalue weighted by Gasteiger charge is 2.06. The first-order chi connectivity index (χ1) is 11.6. The summed E-state index contributed by atoms with van der Waals surface area (Å²) in [6.07, 6.45) is 1.73. The molecule has 0 saturated heterocycles. The molecule has 1 N–H and O–H groups in total. The Hall–Kier alpha value is -2.22. The van der Waals surface area contributed by atoms with Crippen molar-refractivity contribution in [2.75, 3.05) is 0 Å². The fourth-order valence-corrected chi connectivity index (χ4v) is 2.43. The van der Waals surface area contributed by atoms with Crippen molar-refractivity contribution in [2.24, 2.45) is 0 Å². The lowest BCUT2D eigenvalue weighted by molar-refractivity contribution is -2.00. The Balaban J connectivity index is 0.000000399. The molecule has 6 nitrogen and oxygen atoms in total. The van der Waals surface area contributed by atoms with Gasteiger partial charge in [0.15, 0.2) is 0 Å². The molecule has 0 unspecified atom stereocenters. The van der Waals surface area contributed by atoms with Crippen molar-refractivity contribution in [3.8, 4) is 0 Å². The first kappa shape index (κ1) is 19.1. The maximum absolute atomic E-state index is 8.49.